The lowest BCUT2D eigenvalue weighted by Gasteiger charge is -2.08. The summed E-state index contributed by atoms with van der Waals surface area (Å²) >= 11 is 0. The zero-order valence-corrected chi connectivity index (χ0v) is 10.3. The van der Waals surface area contributed by atoms with E-state index < -0.39 is 10.0 Å². The third-order valence-corrected chi connectivity index (χ3v) is 3.79. The average molecular weight is 268 g/mol. The van der Waals surface area contributed by atoms with Crippen molar-refractivity contribution in [2.45, 2.75) is 11.8 Å². The Balaban J connectivity index is 2.34. The van der Waals surface area contributed by atoms with Gasteiger partial charge in [-0.3, -0.25) is 9.82 Å². The zero-order chi connectivity index (χ0) is 13.3. The van der Waals surface area contributed by atoms with E-state index in [4.69, 9.17) is 5.73 Å². The Morgan fingerprint density at radius 3 is 2.72 bits per heavy atom. The smallest absolute Gasteiger partial charge is 0.267 e. The number of rotatable bonds is 3. The van der Waals surface area contributed by atoms with Crippen LogP contribution in [0.25, 0.3) is 0 Å². The molecule has 1 heterocycles. The summed E-state index contributed by atoms with van der Waals surface area (Å²) in [7, 11) is -3.81. The van der Waals surface area contributed by atoms with E-state index in [1.807, 2.05) is 0 Å². The number of aromatic amines is 1. The van der Waals surface area contributed by atoms with Crippen molar-refractivity contribution < 1.29 is 13.5 Å². The molecule has 0 saturated heterocycles. The number of H-pyrrole nitrogens is 1. The second-order valence-electron chi connectivity index (χ2n) is 3.75. The van der Waals surface area contributed by atoms with Gasteiger partial charge in [-0.25, -0.2) is 8.42 Å². The van der Waals surface area contributed by atoms with Gasteiger partial charge in [0.1, 0.15) is 16.5 Å². The standard InChI is InChI=1S/C10H12N4O3S/c1-6-2-3-7(4-8(6)15)14-18(16,17)9-5-12-13-10(9)11/h2-5,14-15H,1H3,(H3,11,12,13). The van der Waals surface area contributed by atoms with Crippen molar-refractivity contribution in [2.75, 3.05) is 10.5 Å². The normalized spacial score (nSPS) is 11.4. The molecule has 0 aliphatic heterocycles. The number of nitrogens with zero attached hydrogens (tertiary/aromatic N) is 1. The fourth-order valence-electron chi connectivity index (χ4n) is 1.38. The van der Waals surface area contributed by atoms with Crippen LogP contribution < -0.4 is 10.5 Å². The highest BCUT2D eigenvalue weighted by atomic mass is 32.2. The predicted octanol–water partition coefficient (Wildman–Crippen LogP) is 0.807. The topological polar surface area (TPSA) is 121 Å². The van der Waals surface area contributed by atoms with Gasteiger partial charge in [0.25, 0.3) is 10.0 Å². The van der Waals surface area contributed by atoms with Gasteiger partial charge in [0, 0.05) is 6.07 Å². The van der Waals surface area contributed by atoms with E-state index in [1.54, 1.807) is 19.1 Å². The molecule has 0 radical (unpaired) electrons. The Hall–Kier alpha value is -2.22. The lowest BCUT2D eigenvalue weighted by molar-refractivity contribution is 0.471. The molecular weight excluding hydrogens is 256 g/mol. The van der Waals surface area contributed by atoms with Gasteiger partial charge in [-0.15, -0.1) is 0 Å². The number of nitrogens with one attached hydrogen (secondary N) is 2. The molecule has 96 valence electrons. The van der Waals surface area contributed by atoms with E-state index in [2.05, 4.69) is 14.9 Å². The lowest BCUT2D eigenvalue weighted by atomic mass is 10.2. The van der Waals surface area contributed by atoms with Crippen molar-refractivity contribution in [2.24, 2.45) is 0 Å². The third kappa shape index (κ3) is 2.23. The Kier molecular flexibility index (Phi) is 2.87. The Bertz CT molecular complexity index is 678. The molecule has 2 aromatic rings. The number of hydrogen-bond donors (Lipinski definition) is 4. The van der Waals surface area contributed by atoms with E-state index in [9.17, 15) is 13.5 Å². The summed E-state index contributed by atoms with van der Waals surface area (Å²) in [6.07, 6.45) is 1.12. The highest BCUT2D eigenvalue weighted by Gasteiger charge is 2.19. The van der Waals surface area contributed by atoms with Crippen LogP contribution >= 0.6 is 0 Å². The Morgan fingerprint density at radius 1 is 1.44 bits per heavy atom. The maximum atomic E-state index is 11.9. The van der Waals surface area contributed by atoms with Crippen LogP contribution in [0.15, 0.2) is 29.3 Å². The van der Waals surface area contributed by atoms with E-state index >= 15 is 0 Å². The van der Waals surface area contributed by atoms with Crippen LogP contribution in [0.4, 0.5) is 11.5 Å². The molecule has 2 rings (SSSR count). The van der Waals surface area contributed by atoms with Gasteiger partial charge in [0.05, 0.1) is 11.9 Å². The summed E-state index contributed by atoms with van der Waals surface area (Å²) in [4.78, 5) is -0.137. The summed E-state index contributed by atoms with van der Waals surface area (Å²) in [5.74, 6) is -0.0331. The minimum atomic E-state index is -3.81. The third-order valence-electron chi connectivity index (χ3n) is 2.38. The van der Waals surface area contributed by atoms with Crippen LogP contribution in [-0.2, 0) is 10.0 Å². The summed E-state index contributed by atoms with van der Waals surface area (Å²) in [5.41, 5.74) is 6.35. The largest absolute Gasteiger partial charge is 0.508 e. The van der Waals surface area contributed by atoms with E-state index in [1.165, 1.54) is 6.07 Å². The monoisotopic (exact) mass is 268 g/mol. The molecule has 18 heavy (non-hydrogen) atoms. The van der Waals surface area contributed by atoms with Gasteiger partial charge < -0.3 is 10.8 Å². The highest BCUT2D eigenvalue weighted by Crippen LogP contribution is 2.24. The molecular formula is C10H12N4O3S. The number of nitrogens with two attached hydrogens (primary N) is 1. The average Bonchev–Trinajstić information content (AvgIpc) is 2.70. The second-order valence-corrected chi connectivity index (χ2v) is 5.41. The summed E-state index contributed by atoms with van der Waals surface area (Å²) in [5, 5.41) is 15.4. The molecule has 0 fully saturated rings. The number of hydrogen-bond acceptors (Lipinski definition) is 5. The summed E-state index contributed by atoms with van der Waals surface area (Å²) in [6, 6.07) is 4.47. The van der Waals surface area contributed by atoms with Crippen LogP contribution in [0.3, 0.4) is 0 Å². The number of anilines is 2. The second kappa shape index (κ2) is 4.22. The highest BCUT2D eigenvalue weighted by molar-refractivity contribution is 7.92. The fourth-order valence-corrected chi connectivity index (χ4v) is 2.46. The SMILES string of the molecule is Cc1ccc(NS(=O)(=O)c2cn[nH]c2N)cc1O. The molecule has 8 heteroatoms. The predicted molar refractivity (Wildman–Crippen MR) is 66.7 cm³/mol. The van der Waals surface area contributed by atoms with Crippen LogP contribution in [-0.4, -0.2) is 23.7 Å². The Morgan fingerprint density at radius 2 is 2.17 bits per heavy atom. The van der Waals surface area contributed by atoms with E-state index in [0.717, 1.165) is 6.20 Å². The summed E-state index contributed by atoms with van der Waals surface area (Å²) in [6.45, 7) is 1.71. The molecule has 0 bridgehead atoms. The molecule has 0 aliphatic rings. The quantitative estimate of drug-likeness (QED) is 0.656. The lowest BCUT2D eigenvalue weighted by Crippen LogP contribution is -2.13. The molecule has 1 aromatic heterocycles. The number of sulfonamides is 1. The van der Waals surface area contributed by atoms with Crippen molar-refractivity contribution in [3.8, 4) is 5.75 Å². The van der Waals surface area contributed by atoms with Crippen LogP contribution in [0.1, 0.15) is 5.56 Å². The molecule has 1 aromatic carbocycles. The van der Waals surface area contributed by atoms with Gasteiger partial charge >= 0.3 is 0 Å². The molecule has 0 amide bonds. The number of phenols is 1. The zero-order valence-electron chi connectivity index (χ0n) is 9.51. The van der Waals surface area contributed by atoms with Gasteiger partial charge in [-0.05, 0) is 18.6 Å². The van der Waals surface area contributed by atoms with Crippen LogP contribution in [0, 0.1) is 6.92 Å². The first-order chi connectivity index (χ1) is 8.40. The molecule has 0 aliphatic carbocycles. The van der Waals surface area contributed by atoms with Crippen molar-refractivity contribution in [3.63, 3.8) is 0 Å². The van der Waals surface area contributed by atoms with E-state index in [-0.39, 0.29) is 22.2 Å². The first-order valence-electron chi connectivity index (χ1n) is 5.01. The number of nitrogen functional groups attached to an aromatic ring is 1. The maximum Gasteiger partial charge on any atom is 0.267 e. The van der Waals surface area contributed by atoms with Gasteiger partial charge in [-0.2, -0.15) is 5.10 Å². The molecule has 7 nitrogen and oxygen atoms in total. The molecule has 0 saturated carbocycles. The van der Waals surface area contributed by atoms with Crippen molar-refractivity contribution in [1.82, 2.24) is 10.2 Å². The van der Waals surface area contributed by atoms with Crippen LogP contribution in [0.2, 0.25) is 0 Å². The van der Waals surface area contributed by atoms with Crippen molar-refractivity contribution in [3.05, 3.63) is 30.0 Å². The van der Waals surface area contributed by atoms with Gasteiger partial charge in [-0.1, -0.05) is 6.07 Å². The minimum absolute atomic E-state index is 0.00960. The number of aromatic hydroxyl groups is 1. The first-order valence-corrected chi connectivity index (χ1v) is 6.50. The molecule has 0 unspecified atom stereocenters. The van der Waals surface area contributed by atoms with Gasteiger partial charge in [0.15, 0.2) is 0 Å². The minimum Gasteiger partial charge on any atom is -0.508 e. The van der Waals surface area contributed by atoms with Crippen molar-refractivity contribution >= 4 is 21.5 Å². The van der Waals surface area contributed by atoms with Crippen molar-refractivity contribution in [1.29, 1.82) is 0 Å². The van der Waals surface area contributed by atoms with E-state index in [0.29, 0.717) is 5.56 Å². The fraction of sp³-hybridized carbons (Fsp3) is 0.100. The number of aromatic nitrogens is 2. The number of phenolic OH excluding ortho intramolecular Hbond substituents is 1. The number of aryl methyl sites for hydroxylation is 1. The molecule has 0 spiro atoms. The summed E-state index contributed by atoms with van der Waals surface area (Å²) < 4.78 is 26.2. The number of benzene rings is 1. The molecule has 5 N–H and O–H groups in total. The van der Waals surface area contributed by atoms with Gasteiger partial charge in [0.2, 0.25) is 0 Å². The molecule has 0 atom stereocenters. The van der Waals surface area contributed by atoms with Crippen LogP contribution in [0.5, 0.6) is 5.75 Å². The maximum absolute atomic E-state index is 11.9. The first kappa shape index (κ1) is 12.2. The Labute approximate surface area is 104 Å².